The number of Topliss-reactive ketones (excluding diaryl/α,β-unsaturated/α-hetero) is 1. The number of carbonyl (C=O) groups excluding carboxylic acids is 3. The van der Waals surface area contributed by atoms with Gasteiger partial charge < -0.3 is 24.8 Å². The van der Waals surface area contributed by atoms with Crippen LogP contribution in [0.2, 0.25) is 0 Å². The van der Waals surface area contributed by atoms with E-state index in [-0.39, 0.29) is 5.57 Å². The molecule has 0 amide bonds. The predicted molar refractivity (Wildman–Crippen MR) is 146 cm³/mol. The highest BCUT2D eigenvalue weighted by atomic mass is 16.6. The second-order valence-corrected chi connectivity index (χ2v) is 12.5. The Morgan fingerprint density at radius 3 is 2.27 bits per heavy atom. The lowest BCUT2D eigenvalue weighted by Gasteiger charge is -2.53. The third-order valence-corrected chi connectivity index (χ3v) is 10.3. The van der Waals surface area contributed by atoms with Crippen LogP contribution in [0.4, 0.5) is 0 Å². The van der Waals surface area contributed by atoms with Crippen molar-refractivity contribution in [3.63, 3.8) is 0 Å². The molecule has 9 atom stereocenters. The molecule has 0 bridgehead atoms. The van der Waals surface area contributed by atoms with Gasteiger partial charge in [-0.05, 0) is 51.0 Å². The first-order valence-corrected chi connectivity index (χ1v) is 13.8. The summed E-state index contributed by atoms with van der Waals surface area (Å²) in [6.07, 6.45) is 2.15. The van der Waals surface area contributed by atoms with Crippen LogP contribution in [0, 0.1) is 29.1 Å². The Bertz CT molecular complexity index is 1370. The van der Waals surface area contributed by atoms with E-state index in [1.165, 1.54) is 6.08 Å². The maximum Gasteiger partial charge on any atom is 0.338 e. The van der Waals surface area contributed by atoms with Crippen molar-refractivity contribution in [2.45, 2.75) is 77.5 Å². The van der Waals surface area contributed by atoms with Crippen LogP contribution in [0.3, 0.4) is 0 Å². The maximum atomic E-state index is 13.5. The molecule has 0 aromatic heterocycles. The van der Waals surface area contributed by atoms with E-state index in [1.807, 2.05) is 13.8 Å². The molecule has 1 aromatic rings. The summed E-state index contributed by atoms with van der Waals surface area (Å²) >= 11 is 0. The minimum atomic E-state index is -2.30. The third kappa shape index (κ3) is 3.39. The smallest absolute Gasteiger partial charge is 0.338 e. The van der Waals surface area contributed by atoms with Gasteiger partial charge in [-0.15, -0.1) is 0 Å². The van der Waals surface area contributed by atoms with E-state index in [4.69, 9.17) is 9.47 Å². The molecule has 8 heteroatoms. The summed E-state index contributed by atoms with van der Waals surface area (Å²) in [5.74, 6) is -5.29. The maximum absolute atomic E-state index is 13.5. The molecule has 0 spiro atoms. The van der Waals surface area contributed by atoms with Crippen LogP contribution in [0.1, 0.15) is 58.8 Å². The van der Waals surface area contributed by atoms with E-state index in [9.17, 15) is 29.7 Å². The lowest BCUT2D eigenvalue weighted by Crippen LogP contribution is -2.67. The van der Waals surface area contributed by atoms with Crippen molar-refractivity contribution in [3.8, 4) is 0 Å². The van der Waals surface area contributed by atoms with Gasteiger partial charge in [-0.2, -0.15) is 0 Å². The molecule has 0 radical (unpaired) electrons. The van der Waals surface area contributed by atoms with Crippen molar-refractivity contribution in [1.29, 1.82) is 0 Å². The standard InChI is InChI=1S/C32H38O8/c1-8-16(2)27(35)39-26-19(5)30(37)21(14-17(3)24(33)31(38)22(30)15-18(4)25(31)34)23-29(6,7)32(23,26)40-28(36)20-12-10-9-11-13-20/h8-15,19,21-24,26,33,37-38H,1-7H3/b16-8-/t19-,21+,22+,23+,24-,26-,30-,31+,32-/m1/s1. The quantitative estimate of drug-likeness (QED) is 0.296. The third-order valence-electron chi connectivity index (χ3n) is 10.3. The number of allylic oxidation sites excluding steroid dienone is 1. The molecule has 214 valence electrons. The molecule has 3 N–H and O–H groups in total. The van der Waals surface area contributed by atoms with Gasteiger partial charge in [-0.3, -0.25) is 4.79 Å². The molecule has 2 fully saturated rings. The molecule has 0 unspecified atom stereocenters. The zero-order chi connectivity index (χ0) is 29.6. The number of fused-ring (bicyclic) bond motifs is 5. The number of esters is 2. The van der Waals surface area contributed by atoms with E-state index < -0.39 is 75.8 Å². The van der Waals surface area contributed by atoms with Crippen LogP contribution >= 0.6 is 0 Å². The fraction of sp³-hybridized carbons (Fsp3) is 0.531. The number of aliphatic hydroxyl groups is 3. The number of ketones is 1. The Balaban J connectivity index is 1.72. The highest BCUT2D eigenvalue weighted by Crippen LogP contribution is 2.77. The van der Waals surface area contributed by atoms with Crippen LogP contribution in [0.5, 0.6) is 0 Å². The lowest BCUT2D eigenvalue weighted by atomic mass is 9.58. The summed E-state index contributed by atoms with van der Waals surface area (Å²) in [5.41, 5.74) is -5.00. The van der Waals surface area contributed by atoms with Crippen molar-refractivity contribution in [1.82, 2.24) is 0 Å². The number of aliphatic hydroxyl groups excluding tert-OH is 1. The topological polar surface area (TPSA) is 130 Å². The van der Waals surface area contributed by atoms with E-state index >= 15 is 0 Å². The Kier molecular flexibility index (Phi) is 6.38. The fourth-order valence-electron chi connectivity index (χ4n) is 7.93. The van der Waals surface area contributed by atoms with E-state index in [0.717, 1.165) is 0 Å². The van der Waals surface area contributed by atoms with Crippen LogP contribution in [0.25, 0.3) is 0 Å². The molecule has 0 saturated heterocycles. The first kappa shape index (κ1) is 28.5. The van der Waals surface area contributed by atoms with Gasteiger partial charge in [0.05, 0.1) is 11.2 Å². The van der Waals surface area contributed by atoms with Crippen molar-refractivity contribution in [2.75, 3.05) is 0 Å². The van der Waals surface area contributed by atoms with Gasteiger partial charge in [0.15, 0.2) is 17.0 Å². The Labute approximate surface area is 234 Å². The van der Waals surface area contributed by atoms with E-state index in [1.54, 1.807) is 77.1 Å². The Morgan fingerprint density at radius 2 is 1.68 bits per heavy atom. The number of carbonyl (C=O) groups is 3. The molecular weight excluding hydrogens is 512 g/mol. The predicted octanol–water partition coefficient (Wildman–Crippen LogP) is 3.31. The summed E-state index contributed by atoms with van der Waals surface area (Å²) in [7, 11) is 0. The summed E-state index contributed by atoms with van der Waals surface area (Å²) in [5, 5.41) is 35.8. The monoisotopic (exact) mass is 550 g/mol. The van der Waals surface area contributed by atoms with Crippen molar-refractivity contribution in [2.24, 2.45) is 29.1 Å². The highest BCUT2D eigenvalue weighted by Gasteiger charge is 2.88. The molecule has 4 aliphatic rings. The first-order chi connectivity index (χ1) is 18.6. The number of hydrogen-bond acceptors (Lipinski definition) is 8. The molecule has 0 heterocycles. The Morgan fingerprint density at radius 1 is 1.05 bits per heavy atom. The average Bonchev–Trinajstić information content (AvgIpc) is 3.33. The zero-order valence-electron chi connectivity index (χ0n) is 24.0. The van der Waals surface area contributed by atoms with Crippen LogP contribution < -0.4 is 0 Å². The van der Waals surface area contributed by atoms with Gasteiger partial charge in [-0.1, -0.05) is 57.2 Å². The molecule has 2 saturated carbocycles. The molecule has 40 heavy (non-hydrogen) atoms. The minimum absolute atomic E-state index is 0.237. The summed E-state index contributed by atoms with van der Waals surface area (Å²) < 4.78 is 12.5. The first-order valence-electron chi connectivity index (χ1n) is 13.8. The van der Waals surface area contributed by atoms with Gasteiger partial charge in [-0.25, -0.2) is 9.59 Å². The molecule has 5 rings (SSSR count). The fourth-order valence-corrected chi connectivity index (χ4v) is 7.93. The van der Waals surface area contributed by atoms with Crippen molar-refractivity contribution >= 4 is 17.7 Å². The van der Waals surface area contributed by atoms with Gasteiger partial charge in [0, 0.05) is 34.7 Å². The molecule has 4 aliphatic carbocycles. The van der Waals surface area contributed by atoms with Crippen LogP contribution in [-0.2, 0) is 19.1 Å². The second-order valence-electron chi connectivity index (χ2n) is 12.5. The van der Waals surface area contributed by atoms with Gasteiger partial charge in [0.2, 0.25) is 0 Å². The molecule has 0 aliphatic heterocycles. The van der Waals surface area contributed by atoms with Gasteiger partial charge in [0.25, 0.3) is 0 Å². The second kappa shape index (κ2) is 8.96. The van der Waals surface area contributed by atoms with E-state index in [0.29, 0.717) is 16.7 Å². The number of hydrogen-bond donors (Lipinski definition) is 3. The molecule has 1 aromatic carbocycles. The number of rotatable bonds is 4. The van der Waals surface area contributed by atoms with Crippen molar-refractivity contribution in [3.05, 3.63) is 70.8 Å². The summed E-state index contributed by atoms with van der Waals surface area (Å²) in [6, 6.07) is 8.52. The lowest BCUT2D eigenvalue weighted by molar-refractivity contribution is -0.225. The normalized spacial score (nSPS) is 41.5. The van der Waals surface area contributed by atoms with Gasteiger partial charge in [0.1, 0.15) is 12.2 Å². The van der Waals surface area contributed by atoms with E-state index in [2.05, 4.69) is 0 Å². The number of benzene rings is 1. The minimum Gasteiger partial charge on any atom is -0.454 e. The van der Waals surface area contributed by atoms with Gasteiger partial charge >= 0.3 is 11.9 Å². The average molecular weight is 551 g/mol. The summed E-state index contributed by atoms with van der Waals surface area (Å²) in [6.45, 7) is 12.0. The molecule has 8 nitrogen and oxygen atoms in total. The van der Waals surface area contributed by atoms with Crippen LogP contribution in [0.15, 0.2) is 65.3 Å². The largest absolute Gasteiger partial charge is 0.454 e. The Hall–Kier alpha value is -3.07. The zero-order valence-corrected chi connectivity index (χ0v) is 24.0. The highest BCUT2D eigenvalue weighted by molar-refractivity contribution is 6.05. The SMILES string of the molecule is C/C=C(/C)C(=O)O[C@@H]1[C@@H](C)[C@]2(O)[C@@H]3C=C(C)C(=O)[C@@]3(O)[C@H](O)C(C)=C[C@H]2[C@H]2C(C)(C)[C@]12OC(=O)c1ccccc1. The number of ether oxygens (including phenoxy) is 2. The van der Waals surface area contributed by atoms with Crippen LogP contribution in [-0.4, -0.2) is 62.1 Å². The molecular formula is C32H38O8. The summed E-state index contributed by atoms with van der Waals surface area (Å²) in [4.78, 5) is 40.0. The van der Waals surface area contributed by atoms with Crippen molar-refractivity contribution < 1.29 is 39.2 Å².